The summed E-state index contributed by atoms with van der Waals surface area (Å²) in [6, 6.07) is 34.8. The molecule has 0 N–H and O–H groups in total. The third-order valence-corrected chi connectivity index (χ3v) is 8.01. The first-order valence-corrected chi connectivity index (χ1v) is 11.1. The summed E-state index contributed by atoms with van der Waals surface area (Å²) in [5, 5.41) is 0. The lowest BCUT2D eigenvalue weighted by Crippen LogP contribution is -2.42. The second-order valence-corrected chi connectivity index (χ2v) is 9.18. The van der Waals surface area contributed by atoms with Gasteiger partial charge >= 0.3 is 0 Å². The summed E-state index contributed by atoms with van der Waals surface area (Å²) >= 11 is 0. The molecule has 0 saturated carbocycles. The van der Waals surface area contributed by atoms with E-state index in [0.717, 1.165) is 38.9 Å². The Morgan fingerprint density at radius 3 is 1.88 bits per heavy atom. The molecule has 32 heavy (non-hydrogen) atoms. The van der Waals surface area contributed by atoms with Gasteiger partial charge < -0.3 is 0 Å². The highest BCUT2D eigenvalue weighted by Crippen LogP contribution is 2.69. The van der Waals surface area contributed by atoms with Crippen LogP contribution in [0.25, 0.3) is 0 Å². The van der Waals surface area contributed by atoms with Gasteiger partial charge in [-0.2, -0.15) is 0 Å². The van der Waals surface area contributed by atoms with Gasteiger partial charge in [-0.15, -0.1) is 0 Å². The van der Waals surface area contributed by atoms with Crippen molar-refractivity contribution in [1.29, 1.82) is 0 Å². The van der Waals surface area contributed by atoms with Crippen LogP contribution in [0.4, 0.5) is 0 Å². The Morgan fingerprint density at radius 2 is 1.12 bits per heavy atom. The molecule has 0 bridgehead atoms. The van der Waals surface area contributed by atoms with Crippen molar-refractivity contribution in [3.8, 4) is 0 Å². The molecule has 0 aromatic heterocycles. The molecule has 0 saturated heterocycles. The van der Waals surface area contributed by atoms with Gasteiger partial charge in [0.15, 0.2) is 11.6 Å². The van der Waals surface area contributed by atoms with E-state index >= 15 is 0 Å². The number of hydrogen-bond donors (Lipinski definition) is 0. The van der Waals surface area contributed by atoms with Crippen molar-refractivity contribution in [2.75, 3.05) is 0 Å². The van der Waals surface area contributed by atoms with E-state index in [1.165, 1.54) is 0 Å². The fourth-order valence-corrected chi connectivity index (χ4v) is 7.05. The Hall–Kier alpha value is -3.78. The van der Waals surface area contributed by atoms with Crippen LogP contribution in [0.1, 0.15) is 55.0 Å². The van der Waals surface area contributed by atoms with E-state index in [9.17, 15) is 9.59 Å². The normalized spacial score (nSPS) is 26.7. The summed E-state index contributed by atoms with van der Waals surface area (Å²) in [5.74, 6) is -0.118. The minimum Gasteiger partial charge on any atom is -0.294 e. The van der Waals surface area contributed by atoms with Crippen molar-refractivity contribution in [3.63, 3.8) is 0 Å². The zero-order valence-electron chi connectivity index (χ0n) is 17.4. The van der Waals surface area contributed by atoms with Crippen LogP contribution in [-0.4, -0.2) is 11.6 Å². The molecule has 0 heterocycles. The molecule has 4 aromatic carbocycles. The maximum Gasteiger partial charge on any atom is 0.169 e. The molecule has 3 aliphatic rings. The number of benzene rings is 4. The monoisotopic (exact) mass is 412 g/mol. The average molecular weight is 412 g/mol. The van der Waals surface area contributed by atoms with Crippen LogP contribution < -0.4 is 0 Å². The van der Waals surface area contributed by atoms with E-state index in [1.807, 2.05) is 60.7 Å². The van der Waals surface area contributed by atoms with Gasteiger partial charge in [-0.05, 0) is 27.8 Å². The first-order valence-electron chi connectivity index (χ1n) is 11.1. The quantitative estimate of drug-likeness (QED) is 0.401. The van der Waals surface area contributed by atoms with Crippen molar-refractivity contribution >= 4 is 11.6 Å². The summed E-state index contributed by atoms with van der Waals surface area (Å²) in [5.41, 5.74) is 5.73. The number of carbonyl (C=O) groups is 2. The number of ketones is 2. The smallest absolute Gasteiger partial charge is 0.169 e. The average Bonchev–Trinajstić information content (AvgIpc) is 3.40. The Morgan fingerprint density at radius 1 is 0.562 bits per heavy atom. The molecule has 3 aliphatic carbocycles. The minimum atomic E-state index is -0.657. The maximum absolute atomic E-state index is 14.3. The summed E-state index contributed by atoms with van der Waals surface area (Å²) < 4.78 is 0. The van der Waals surface area contributed by atoms with Gasteiger partial charge in [0.25, 0.3) is 0 Å². The highest BCUT2D eigenvalue weighted by atomic mass is 16.1. The van der Waals surface area contributed by atoms with Gasteiger partial charge in [0, 0.05) is 23.0 Å². The molecule has 7 rings (SSSR count). The molecule has 1 spiro atoms. The lowest BCUT2D eigenvalue weighted by molar-refractivity contribution is 0.0849. The minimum absolute atomic E-state index is 0.128. The highest BCUT2D eigenvalue weighted by molar-refractivity contribution is 6.12. The summed E-state index contributed by atoms with van der Waals surface area (Å²) in [6.45, 7) is 0. The van der Waals surface area contributed by atoms with Crippen LogP contribution >= 0.6 is 0 Å². The van der Waals surface area contributed by atoms with Crippen molar-refractivity contribution in [1.82, 2.24) is 0 Å². The van der Waals surface area contributed by atoms with Crippen molar-refractivity contribution in [3.05, 3.63) is 142 Å². The molecular formula is C30H20O2. The predicted molar refractivity (Wildman–Crippen MR) is 123 cm³/mol. The van der Waals surface area contributed by atoms with Crippen molar-refractivity contribution < 1.29 is 9.59 Å². The van der Waals surface area contributed by atoms with Crippen LogP contribution in [0, 0.1) is 5.92 Å². The molecule has 2 heteroatoms. The molecule has 0 aliphatic heterocycles. The predicted octanol–water partition coefficient (Wildman–Crippen LogP) is 5.72. The first-order chi connectivity index (χ1) is 15.7. The molecule has 152 valence electrons. The molecule has 3 atom stereocenters. The molecule has 0 radical (unpaired) electrons. The second-order valence-electron chi connectivity index (χ2n) is 9.18. The third-order valence-electron chi connectivity index (χ3n) is 8.01. The Bertz CT molecular complexity index is 1450. The number of rotatable bonds is 1. The van der Waals surface area contributed by atoms with E-state index in [2.05, 4.69) is 42.5 Å². The van der Waals surface area contributed by atoms with E-state index in [0.29, 0.717) is 6.42 Å². The van der Waals surface area contributed by atoms with Crippen LogP contribution in [0.5, 0.6) is 0 Å². The second kappa shape index (κ2) is 5.92. The highest BCUT2D eigenvalue weighted by Gasteiger charge is 2.70. The molecular weight excluding hydrogens is 392 g/mol. The van der Waals surface area contributed by atoms with Crippen molar-refractivity contribution in [2.24, 2.45) is 5.92 Å². The number of hydrogen-bond acceptors (Lipinski definition) is 2. The molecule has 2 nitrogen and oxygen atoms in total. The SMILES string of the molecule is O=C1C[C@]2(c3ccccc31)c1ccccc1[C@@]1(c3ccccc3)c3ccccc3C(=O)[C@@H]21. The number of carbonyl (C=O) groups excluding carboxylic acids is 2. The lowest BCUT2D eigenvalue weighted by Gasteiger charge is -2.37. The zero-order valence-corrected chi connectivity index (χ0v) is 17.4. The summed E-state index contributed by atoms with van der Waals surface area (Å²) in [6.07, 6.45) is 0.336. The summed E-state index contributed by atoms with van der Waals surface area (Å²) in [4.78, 5) is 27.6. The number of Topliss-reactive ketones (excluding diaryl/α,β-unsaturated/α-hetero) is 2. The fraction of sp³-hybridized carbons (Fsp3) is 0.133. The van der Waals surface area contributed by atoms with E-state index in [4.69, 9.17) is 0 Å². The first kappa shape index (κ1) is 17.9. The zero-order chi connectivity index (χ0) is 21.5. The molecule has 0 unspecified atom stereocenters. The Kier molecular flexibility index (Phi) is 3.30. The largest absolute Gasteiger partial charge is 0.294 e. The van der Waals surface area contributed by atoms with E-state index in [1.54, 1.807) is 0 Å². The van der Waals surface area contributed by atoms with Crippen LogP contribution in [0.3, 0.4) is 0 Å². The third kappa shape index (κ3) is 1.80. The van der Waals surface area contributed by atoms with Gasteiger partial charge in [-0.25, -0.2) is 0 Å². The van der Waals surface area contributed by atoms with Gasteiger partial charge in [0.05, 0.1) is 11.3 Å². The van der Waals surface area contributed by atoms with Crippen LogP contribution in [0.15, 0.2) is 103 Å². The van der Waals surface area contributed by atoms with Crippen LogP contribution in [0.2, 0.25) is 0 Å². The molecule has 0 amide bonds. The van der Waals surface area contributed by atoms with Crippen LogP contribution in [-0.2, 0) is 10.8 Å². The van der Waals surface area contributed by atoms with E-state index < -0.39 is 10.8 Å². The summed E-state index contributed by atoms with van der Waals surface area (Å²) in [7, 11) is 0. The van der Waals surface area contributed by atoms with Gasteiger partial charge in [-0.1, -0.05) is 103 Å². The van der Waals surface area contributed by atoms with Crippen molar-refractivity contribution in [2.45, 2.75) is 17.3 Å². The van der Waals surface area contributed by atoms with Gasteiger partial charge in [0.1, 0.15) is 0 Å². The lowest BCUT2D eigenvalue weighted by atomic mass is 9.61. The van der Waals surface area contributed by atoms with E-state index in [-0.39, 0.29) is 17.5 Å². The standard InChI is InChI=1S/C30H20O2/c31-26-18-29(22-14-6-4-12-20(22)26)24-16-8-9-17-25(24)30(19-10-2-1-3-11-19)23-15-7-5-13-21(23)27(32)28(29)30/h1-17,28H,18H2/t28-,29-,30+/m0/s1. The topological polar surface area (TPSA) is 34.1 Å². The Balaban J connectivity index is 1.69. The molecule has 0 fully saturated rings. The van der Waals surface area contributed by atoms with Gasteiger partial charge in [0.2, 0.25) is 0 Å². The molecule has 4 aromatic rings. The maximum atomic E-state index is 14.3. The Labute approximate surface area is 186 Å². The van der Waals surface area contributed by atoms with Gasteiger partial charge in [-0.3, -0.25) is 9.59 Å². The number of fused-ring (bicyclic) bond motifs is 9. The fourth-order valence-electron chi connectivity index (χ4n) is 7.05.